The van der Waals surface area contributed by atoms with Crippen molar-refractivity contribution >= 4 is 40.3 Å². The second-order valence-corrected chi connectivity index (χ2v) is 8.25. The summed E-state index contributed by atoms with van der Waals surface area (Å²) >= 11 is 6.03. The number of aromatic nitrogens is 2. The van der Waals surface area contributed by atoms with Crippen molar-refractivity contribution in [2.75, 3.05) is 6.54 Å². The van der Waals surface area contributed by atoms with Crippen LogP contribution in [0.25, 0.3) is 22.2 Å². The summed E-state index contributed by atoms with van der Waals surface area (Å²) in [6.45, 7) is 1.48. The van der Waals surface area contributed by atoms with Gasteiger partial charge in [-0.25, -0.2) is 5.06 Å². The number of rotatable bonds is 5. The average Bonchev–Trinajstić information content (AvgIpc) is 3.25. The number of hydrogen-bond donors (Lipinski definition) is 1. The summed E-state index contributed by atoms with van der Waals surface area (Å²) in [5.41, 5.74) is -1.85. The molecule has 1 heterocycles. The molecule has 13 heteroatoms. The molecule has 0 aliphatic carbocycles. The number of carbonyl (C=O) groups excluding carboxylic acids is 3. The van der Waals surface area contributed by atoms with E-state index in [2.05, 4.69) is 5.10 Å². The van der Waals surface area contributed by atoms with Crippen LogP contribution in [-0.4, -0.2) is 44.4 Å². The standard InChI is InChI=1S/C25H17ClF3N3O5.Na/c1-2-31(37)22(33)15-10-11-16-19(12-15)32(30-21(16)13-6-8-14(9-7-13)24(35)36)23(34)20-17(25(27,28)29)4-3-5-18(20)26;/h3-12,37H,2H2,1H3,(H,35,36);/q;+1/p-1. The predicted molar refractivity (Wildman–Crippen MR) is 124 cm³/mol. The van der Waals surface area contributed by atoms with Crippen LogP contribution in [0.1, 0.15) is 43.6 Å². The van der Waals surface area contributed by atoms with Crippen molar-refractivity contribution in [1.82, 2.24) is 14.8 Å². The number of benzene rings is 3. The first-order valence-corrected chi connectivity index (χ1v) is 11.1. The first kappa shape index (κ1) is 29.3. The summed E-state index contributed by atoms with van der Waals surface area (Å²) in [6, 6.07) is 12.2. The van der Waals surface area contributed by atoms with Crippen molar-refractivity contribution in [3.8, 4) is 11.3 Å². The maximum Gasteiger partial charge on any atom is 1.00 e. The molecule has 190 valence electrons. The van der Waals surface area contributed by atoms with Crippen molar-refractivity contribution in [3.63, 3.8) is 0 Å². The van der Waals surface area contributed by atoms with Crippen LogP contribution in [0.15, 0.2) is 60.7 Å². The van der Waals surface area contributed by atoms with Gasteiger partial charge < -0.3 is 9.90 Å². The van der Waals surface area contributed by atoms with E-state index in [4.69, 9.17) is 11.6 Å². The summed E-state index contributed by atoms with van der Waals surface area (Å²) < 4.78 is 41.8. The molecule has 4 aromatic rings. The maximum atomic E-state index is 13.7. The third-order valence-corrected chi connectivity index (χ3v) is 5.90. The van der Waals surface area contributed by atoms with Crippen molar-refractivity contribution in [2.24, 2.45) is 0 Å². The molecule has 4 rings (SSSR count). The minimum Gasteiger partial charge on any atom is -0.545 e. The van der Waals surface area contributed by atoms with Crippen molar-refractivity contribution < 1.29 is 67.4 Å². The fourth-order valence-corrected chi connectivity index (χ4v) is 4.01. The van der Waals surface area contributed by atoms with Crippen molar-refractivity contribution in [1.29, 1.82) is 0 Å². The number of carbonyl (C=O) groups is 3. The van der Waals surface area contributed by atoms with Crippen LogP contribution in [-0.2, 0) is 6.18 Å². The van der Waals surface area contributed by atoms with Gasteiger partial charge in [0.2, 0.25) is 0 Å². The van der Waals surface area contributed by atoms with E-state index in [-0.39, 0.29) is 63.8 Å². The third-order valence-electron chi connectivity index (χ3n) is 5.58. The maximum absolute atomic E-state index is 13.7. The molecule has 0 saturated heterocycles. The van der Waals surface area contributed by atoms with Crippen LogP contribution >= 0.6 is 11.6 Å². The number of halogens is 4. The van der Waals surface area contributed by atoms with E-state index in [0.717, 1.165) is 12.1 Å². The zero-order valence-electron chi connectivity index (χ0n) is 19.9. The molecule has 0 aliphatic rings. The second kappa shape index (κ2) is 11.3. The number of alkyl halides is 3. The SMILES string of the molecule is CCN(O)C(=O)c1ccc2c(-c3ccc(C(=O)[O-])cc3)nn(C(=O)c3c(Cl)cccc3C(F)(F)F)c2c1.[Na+]. The van der Waals surface area contributed by atoms with Gasteiger partial charge in [0.15, 0.2) is 0 Å². The summed E-state index contributed by atoms with van der Waals surface area (Å²) in [5, 5.41) is 25.4. The van der Waals surface area contributed by atoms with E-state index in [1.54, 1.807) is 0 Å². The third kappa shape index (κ3) is 5.47. The molecule has 3 aromatic carbocycles. The van der Waals surface area contributed by atoms with Crippen LogP contribution in [0.2, 0.25) is 5.02 Å². The van der Waals surface area contributed by atoms with Gasteiger partial charge in [0.25, 0.3) is 11.8 Å². The van der Waals surface area contributed by atoms with Crippen LogP contribution in [0.4, 0.5) is 13.2 Å². The fraction of sp³-hybridized carbons (Fsp3) is 0.120. The van der Waals surface area contributed by atoms with Gasteiger partial charge in [0.1, 0.15) is 5.69 Å². The van der Waals surface area contributed by atoms with Gasteiger partial charge in [0, 0.05) is 23.1 Å². The fourth-order valence-electron chi connectivity index (χ4n) is 3.76. The van der Waals surface area contributed by atoms with E-state index >= 15 is 0 Å². The Morgan fingerprint density at radius 2 is 1.68 bits per heavy atom. The minimum atomic E-state index is -4.90. The molecule has 0 radical (unpaired) electrons. The number of amides is 1. The van der Waals surface area contributed by atoms with Gasteiger partial charge in [-0.2, -0.15) is 23.0 Å². The Morgan fingerprint density at radius 3 is 2.26 bits per heavy atom. The summed E-state index contributed by atoms with van der Waals surface area (Å²) in [4.78, 5) is 37.1. The van der Waals surface area contributed by atoms with Crippen molar-refractivity contribution in [2.45, 2.75) is 13.1 Å². The average molecular weight is 554 g/mol. The Labute approximate surface area is 240 Å². The molecule has 0 fully saturated rings. The molecule has 0 atom stereocenters. The van der Waals surface area contributed by atoms with E-state index in [1.807, 2.05) is 0 Å². The topological polar surface area (TPSA) is 116 Å². The van der Waals surface area contributed by atoms with Crippen LogP contribution in [0, 0.1) is 0 Å². The molecule has 38 heavy (non-hydrogen) atoms. The number of carboxylic acids is 1. The Hall–Kier alpha value is -3.22. The number of fused-ring (bicyclic) bond motifs is 1. The molecule has 1 amide bonds. The van der Waals surface area contributed by atoms with E-state index in [9.17, 15) is 37.9 Å². The molecular formula is C25H16ClF3N3NaO5. The van der Waals surface area contributed by atoms with E-state index in [0.29, 0.717) is 21.4 Å². The minimum absolute atomic E-state index is 0. The van der Waals surface area contributed by atoms with E-state index in [1.165, 1.54) is 49.4 Å². The quantitative estimate of drug-likeness (QED) is 0.226. The number of aromatic carboxylic acids is 1. The molecule has 0 spiro atoms. The van der Waals surface area contributed by atoms with E-state index < -0.39 is 40.1 Å². The summed E-state index contributed by atoms with van der Waals surface area (Å²) in [7, 11) is 0. The summed E-state index contributed by atoms with van der Waals surface area (Å²) in [5.74, 6) is -3.43. The van der Waals surface area contributed by atoms with Crippen molar-refractivity contribution in [3.05, 3.63) is 87.9 Å². The molecule has 1 aromatic heterocycles. The number of carboxylic acid groups (broad SMARTS) is 1. The largest absolute Gasteiger partial charge is 1.00 e. The Kier molecular flexibility index (Phi) is 8.69. The monoisotopic (exact) mass is 553 g/mol. The predicted octanol–water partition coefficient (Wildman–Crippen LogP) is 1.28. The van der Waals surface area contributed by atoms with Gasteiger partial charge in [-0.1, -0.05) is 41.9 Å². The van der Waals surface area contributed by atoms with Gasteiger partial charge >= 0.3 is 35.7 Å². The molecule has 0 bridgehead atoms. The zero-order chi connectivity index (χ0) is 27.1. The normalized spacial score (nSPS) is 11.2. The Morgan fingerprint density at radius 1 is 1.05 bits per heavy atom. The number of nitrogens with zero attached hydrogens (tertiary/aromatic N) is 3. The van der Waals surface area contributed by atoms with Crippen LogP contribution in [0.3, 0.4) is 0 Å². The molecule has 0 unspecified atom stereocenters. The van der Waals surface area contributed by atoms with Crippen LogP contribution < -0.4 is 34.7 Å². The molecule has 0 aliphatic heterocycles. The smallest absolute Gasteiger partial charge is 0.545 e. The molecule has 1 N–H and O–H groups in total. The number of hydroxylamine groups is 2. The zero-order valence-corrected chi connectivity index (χ0v) is 22.7. The Balaban J connectivity index is 0.00000400. The first-order valence-electron chi connectivity index (χ1n) is 10.7. The molecular weight excluding hydrogens is 538 g/mol. The first-order chi connectivity index (χ1) is 17.4. The van der Waals surface area contributed by atoms with Gasteiger partial charge in [-0.15, -0.1) is 0 Å². The molecule has 8 nitrogen and oxygen atoms in total. The van der Waals surface area contributed by atoms with Gasteiger partial charge in [-0.05, 0) is 42.8 Å². The summed E-state index contributed by atoms with van der Waals surface area (Å²) in [6.07, 6.45) is -4.90. The van der Waals surface area contributed by atoms with Gasteiger partial charge in [0.05, 0.1) is 27.6 Å². The number of hydrogen-bond acceptors (Lipinski definition) is 6. The second-order valence-electron chi connectivity index (χ2n) is 7.84. The Bertz CT molecular complexity index is 1550. The van der Waals surface area contributed by atoms with Crippen LogP contribution in [0.5, 0.6) is 0 Å². The molecule has 0 saturated carbocycles. The van der Waals surface area contributed by atoms with Gasteiger partial charge in [-0.3, -0.25) is 14.8 Å².